The van der Waals surface area contributed by atoms with Gasteiger partial charge in [-0.1, -0.05) is 46.9 Å². The second kappa shape index (κ2) is 6.24. The van der Waals surface area contributed by atoms with Crippen LogP contribution in [0.5, 0.6) is 0 Å². The zero-order chi connectivity index (χ0) is 13.1. The number of nitrogens with one attached hydrogen (secondary N) is 1. The average Bonchev–Trinajstić information content (AvgIpc) is 2.78. The van der Waals surface area contributed by atoms with Gasteiger partial charge in [0.05, 0.1) is 20.4 Å². The standard InChI is InChI=1S/C12H11Cl3N2S/c13-8-3-1-2-7(12(8)15)6-9(17-16)10-4-5-11(14)18-10/h1-5,9,17H,6,16H2. The maximum Gasteiger partial charge on any atom is 0.0931 e. The van der Waals surface area contributed by atoms with Crippen LogP contribution in [0, 0.1) is 0 Å². The highest BCUT2D eigenvalue weighted by Gasteiger charge is 2.15. The number of hydrogen-bond acceptors (Lipinski definition) is 3. The van der Waals surface area contributed by atoms with E-state index in [0.717, 1.165) is 14.8 Å². The van der Waals surface area contributed by atoms with Crippen LogP contribution in [0.3, 0.4) is 0 Å². The van der Waals surface area contributed by atoms with E-state index in [1.165, 1.54) is 11.3 Å². The van der Waals surface area contributed by atoms with E-state index in [0.29, 0.717) is 16.5 Å². The zero-order valence-electron chi connectivity index (χ0n) is 9.29. The fourth-order valence-corrected chi connectivity index (χ4v) is 3.20. The van der Waals surface area contributed by atoms with E-state index in [1.54, 1.807) is 6.07 Å². The van der Waals surface area contributed by atoms with Gasteiger partial charge in [-0.25, -0.2) is 0 Å². The van der Waals surface area contributed by atoms with Gasteiger partial charge in [0.2, 0.25) is 0 Å². The summed E-state index contributed by atoms with van der Waals surface area (Å²) in [7, 11) is 0. The quantitative estimate of drug-likeness (QED) is 0.644. The molecule has 2 nitrogen and oxygen atoms in total. The summed E-state index contributed by atoms with van der Waals surface area (Å²) in [6, 6.07) is 9.35. The number of hydrogen-bond donors (Lipinski definition) is 2. The van der Waals surface area contributed by atoms with Crippen LogP contribution >= 0.6 is 46.1 Å². The van der Waals surface area contributed by atoms with Crippen molar-refractivity contribution >= 4 is 46.1 Å². The summed E-state index contributed by atoms with van der Waals surface area (Å²) in [5, 5.41) is 1.12. The van der Waals surface area contributed by atoms with Crippen molar-refractivity contribution in [3.05, 3.63) is 55.2 Å². The fraction of sp³-hybridized carbons (Fsp3) is 0.167. The van der Waals surface area contributed by atoms with E-state index in [9.17, 15) is 0 Å². The summed E-state index contributed by atoms with van der Waals surface area (Å²) in [6.07, 6.45) is 0.659. The highest BCUT2D eigenvalue weighted by atomic mass is 35.5. The molecule has 0 amide bonds. The molecule has 0 aliphatic heterocycles. The lowest BCUT2D eigenvalue weighted by atomic mass is 10.1. The van der Waals surface area contributed by atoms with Crippen molar-refractivity contribution in [3.63, 3.8) is 0 Å². The lowest BCUT2D eigenvalue weighted by molar-refractivity contribution is 0.561. The fourth-order valence-electron chi connectivity index (χ4n) is 1.68. The molecule has 2 aromatic rings. The van der Waals surface area contributed by atoms with Crippen LogP contribution in [0.25, 0.3) is 0 Å². The van der Waals surface area contributed by atoms with Gasteiger partial charge in [0, 0.05) is 4.88 Å². The van der Waals surface area contributed by atoms with Crippen molar-refractivity contribution in [2.45, 2.75) is 12.5 Å². The lowest BCUT2D eigenvalue weighted by Crippen LogP contribution is -2.29. The molecular formula is C12H11Cl3N2S. The second-order valence-corrected chi connectivity index (χ2v) is 6.31. The number of rotatable bonds is 4. The molecule has 0 aliphatic carbocycles. The van der Waals surface area contributed by atoms with Gasteiger partial charge in [0.15, 0.2) is 0 Å². The molecule has 0 saturated heterocycles. The molecule has 96 valence electrons. The van der Waals surface area contributed by atoms with Crippen LogP contribution in [-0.2, 0) is 6.42 Å². The van der Waals surface area contributed by atoms with E-state index in [-0.39, 0.29) is 6.04 Å². The van der Waals surface area contributed by atoms with Crippen molar-refractivity contribution in [3.8, 4) is 0 Å². The molecule has 6 heteroatoms. The Hall–Kier alpha value is -0.290. The normalized spacial score (nSPS) is 12.7. The molecular weight excluding hydrogens is 311 g/mol. The molecule has 2 rings (SSSR count). The molecule has 0 radical (unpaired) electrons. The minimum absolute atomic E-state index is 0.0292. The van der Waals surface area contributed by atoms with Gasteiger partial charge in [0.1, 0.15) is 0 Å². The third-order valence-electron chi connectivity index (χ3n) is 2.59. The number of hydrazine groups is 1. The topological polar surface area (TPSA) is 38.0 Å². The van der Waals surface area contributed by atoms with Gasteiger partial charge in [0.25, 0.3) is 0 Å². The Morgan fingerprint density at radius 2 is 1.94 bits per heavy atom. The van der Waals surface area contributed by atoms with Gasteiger partial charge < -0.3 is 0 Å². The van der Waals surface area contributed by atoms with E-state index in [1.807, 2.05) is 24.3 Å². The maximum atomic E-state index is 6.16. The molecule has 0 aliphatic rings. The summed E-state index contributed by atoms with van der Waals surface area (Å²) < 4.78 is 0.738. The van der Waals surface area contributed by atoms with Crippen LogP contribution in [0.1, 0.15) is 16.5 Å². The van der Waals surface area contributed by atoms with Crippen LogP contribution in [0.15, 0.2) is 30.3 Å². The van der Waals surface area contributed by atoms with Crippen molar-refractivity contribution < 1.29 is 0 Å². The van der Waals surface area contributed by atoms with E-state index in [2.05, 4.69) is 5.43 Å². The van der Waals surface area contributed by atoms with E-state index in [4.69, 9.17) is 40.6 Å². The highest BCUT2D eigenvalue weighted by molar-refractivity contribution is 7.16. The predicted molar refractivity (Wildman–Crippen MR) is 79.6 cm³/mol. The van der Waals surface area contributed by atoms with Crippen molar-refractivity contribution in [1.29, 1.82) is 0 Å². The monoisotopic (exact) mass is 320 g/mol. The summed E-state index contributed by atoms with van der Waals surface area (Å²) >= 11 is 19.6. The number of nitrogens with two attached hydrogens (primary N) is 1. The molecule has 1 heterocycles. The number of thiophene rings is 1. The van der Waals surface area contributed by atoms with E-state index < -0.39 is 0 Å². The first-order chi connectivity index (χ1) is 8.61. The third-order valence-corrected chi connectivity index (χ3v) is 4.80. The predicted octanol–water partition coefficient (Wildman–Crippen LogP) is 4.46. The van der Waals surface area contributed by atoms with Gasteiger partial charge >= 0.3 is 0 Å². The first kappa shape index (κ1) is 14.1. The van der Waals surface area contributed by atoms with Crippen molar-refractivity contribution in [1.82, 2.24) is 5.43 Å². The molecule has 1 unspecified atom stereocenters. The average molecular weight is 322 g/mol. The van der Waals surface area contributed by atoms with Gasteiger partial charge in [-0.3, -0.25) is 11.3 Å². The molecule has 0 fully saturated rings. The largest absolute Gasteiger partial charge is 0.271 e. The number of benzene rings is 1. The van der Waals surface area contributed by atoms with Gasteiger partial charge in [-0.05, 0) is 30.2 Å². The molecule has 18 heavy (non-hydrogen) atoms. The van der Waals surface area contributed by atoms with Crippen molar-refractivity contribution in [2.75, 3.05) is 0 Å². The smallest absolute Gasteiger partial charge is 0.0931 e. The second-order valence-electron chi connectivity index (χ2n) is 3.78. The molecule has 1 atom stereocenters. The summed E-state index contributed by atoms with van der Waals surface area (Å²) in [5.74, 6) is 5.59. The first-order valence-electron chi connectivity index (χ1n) is 5.26. The molecule has 1 aromatic carbocycles. The summed E-state index contributed by atoms with van der Waals surface area (Å²) in [5.41, 5.74) is 3.73. The Bertz CT molecular complexity index is 542. The SMILES string of the molecule is NNC(Cc1cccc(Cl)c1Cl)c1ccc(Cl)s1. The zero-order valence-corrected chi connectivity index (χ0v) is 12.4. The van der Waals surface area contributed by atoms with E-state index >= 15 is 0 Å². The molecule has 3 N–H and O–H groups in total. The van der Waals surface area contributed by atoms with Gasteiger partial charge in [-0.15, -0.1) is 11.3 Å². The van der Waals surface area contributed by atoms with Crippen molar-refractivity contribution in [2.24, 2.45) is 5.84 Å². The first-order valence-corrected chi connectivity index (χ1v) is 7.21. The minimum Gasteiger partial charge on any atom is -0.271 e. The maximum absolute atomic E-state index is 6.16. The molecule has 1 aromatic heterocycles. The lowest BCUT2D eigenvalue weighted by Gasteiger charge is -2.15. The van der Waals surface area contributed by atoms with Crippen LogP contribution in [0.2, 0.25) is 14.4 Å². The highest BCUT2D eigenvalue weighted by Crippen LogP contribution is 2.32. The number of halogens is 3. The van der Waals surface area contributed by atoms with Crippen LogP contribution < -0.4 is 11.3 Å². The minimum atomic E-state index is -0.0292. The Morgan fingerprint density at radius 3 is 2.56 bits per heavy atom. The van der Waals surface area contributed by atoms with Crippen LogP contribution in [-0.4, -0.2) is 0 Å². The molecule has 0 bridgehead atoms. The molecule has 0 saturated carbocycles. The Morgan fingerprint density at radius 1 is 1.17 bits per heavy atom. The Kier molecular flexibility index (Phi) is 4.90. The summed E-state index contributed by atoms with van der Waals surface area (Å²) in [6.45, 7) is 0. The summed E-state index contributed by atoms with van der Waals surface area (Å²) in [4.78, 5) is 1.07. The molecule has 0 spiro atoms. The third kappa shape index (κ3) is 3.18. The van der Waals surface area contributed by atoms with Gasteiger partial charge in [-0.2, -0.15) is 0 Å². The van der Waals surface area contributed by atoms with Crippen LogP contribution in [0.4, 0.5) is 0 Å². The Labute approximate surface area is 125 Å². The Balaban J connectivity index is 2.23.